The Balaban J connectivity index is 2.04. The maximum absolute atomic E-state index is 12.7. The highest BCUT2D eigenvalue weighted by molar-refractivity contribution is 5.90. The molecule has 1 aliphatic heterocycles. The van der Waals surface area contributed by atoms with Crippen LogP contribution in [0.15, 0.2) is 0 Å². The van der Waals surface area contributed by atoms with Crippen LogP contribution < -0.4 is 10.6 Å². The molecule has 2 unspecified atom stereocenters. The predicted octanol–water partition coefficient (Wildman–Crippen LogP) is 2.06. The average Bonchev–Trinajstić information content (AvgIpc) is 2.95. The molecule has 5 nitrogen and oxygen atoms in total. The Morgan fingerprint density at radius 3 is 2.52 bits per heavy atom. The zero-order chi connectivity index (χ0) is 15.3. The van der Waals surface area contributed by atoms with Crippen molar-refractivity contribution in [3.05, 3.63) is 0 Å². The van der Waals surface area contributed by atoms with Gasteiger partial charge in [-0.3, -0.25) is 4.79 Å². The Morgan fingerprint density at radius 2 is 2.00 bits per heavy atom. The van der Waals surface area contributed by atoms with Gasteiger partial charge in [0.25, 0.3) is 0 Å². The molecule has 1 aliphatic carbocycles. The van der Waals surface area contributed by atoms with Crippen LogP contribution in [0.25, 0.3) is 0 Å². The van der Waals surface area contributed by atoms with Crippen LogP contribution >= 0.6 is 0 Å². The normalized spacial score (nSPS) is 28.2. The summed E-state index contributed by atoms with van der Waals surface area (Å²) in [5.74, 6) is -0.917. The van der Waals surface area contributed by atoms with Crippen LogP contribution in [0.4, 0.5) is 0 Å². The summed E-state index contributed by atoms with van der Waals surface area (Å²) in [5.41, 5.74) is -0.545. The summed E-state index contributed by atoms with van der Waals surface area (Å²) in [4.78, 5) is 24.3. The first kappa shape index (κ1) is 16.3. The molecule has 1 heterocycles. The topological polar surface area (TPSA) is 78.4 Å². The molecule has 0 aromatic carbocycles. The average molecular weight is 296 g/mol. The Kier molecular flexibility index (Phi) is 5.62. The van der Waals surface area contributed by atoms with Crippen molar-refractivity contribution < 1.29 is 14.7 Å². The Morgan fingerprint density at radius 1 is 1.29 bits per heavy atom. The summed E-state index contributed by atoms with van der Waals surface area (Å²) < 4.78 is 0. The Labute approximate surface area is 126 Å². The molecule has 120 valence electrons. The van der Waals surface area contributed by atoms with E-state index in [0.717, 1.165) is 57.9 Å². The highest BCUT2D eigenvalue weighted by Gasteiger charge is 2.42. The number of nitrogens with one attached hydrogen (secondary N) is 2. The quantitative estimate of drug-likeness (QED) is 0.701. The van der Waals surface area contributed by atoms with Gasteiger partial charge in [-0.1, -0.05) is 32.6 Å². The third-order valence-electron chi connectivity index (χ3n) is 5.03. The van der Waals surface area contributed by atoms with Gasteiger partial charge in [0.05, 0.1) is 5.54 Å². The van der Waals surface area contributed by atoms with Crippen molar-refractivity contribution in [3.63, 3.8) is 0 Å². The number of aliphatic carboxylic acids is 1. The van der Waals surface area contributed by atoms with E-state index in [-0.39, 0.29) is 11.8 Å². The van der Waals surface area contributed by atoms with Gasteiger partial charge in [0, 0.05) is 0 Å². The summed E-state index contributed by atoms with van der Waals surface area (Å²) >= 11 is 0. The summed E-state index contributed by atoms with van der Waals surface area (Å²) in [5, 5.41) is 15.7. The minimum Gasteiger partial charge on any atom is -0.480 e. The van der Waals surface area contributed by atoms with E-state index in [2.05, 4.69) is 17.6 Å². The molecule has 0 aromatic rings. The van der Waals surface area contributed by atoms with E-state index in [9.17, 15) is 14.7 Å². The van der Waals surface area contributed by atoms with Crippen LogP contribution in [0.2, 0.25) is 0 Å². The van der Waals surface area contributed by atoms with E-state index in [0.29, 0.717) is 0 Å². The van der Waals surface area contributed by atoms with E-state index in [1.165, 1.54) is 6.42 Å². The number of carboxylic acid groups (broad SMARTS) is 1. The monoisotopic (exact) mass is 296 g/mol. The number of amides is 1. The lowest BCUT2D eigenvalue weighted by atomic mass is 9.83. The first-order chi connectivity index (χ1) is 10.1. The van der Waals surface area contributed by atoms with Crippen molar-refractivity contribution in [1.82, 2.24) is 10.6 Å². The highest BCUT2D eigenvalue weighted by atomic mass is 16.4. The second-order valence-electron chi connectivity index (χ2n) is 6.55. The standard InChI is InChI=1S/C16H28N2O3/c1-2-9-16(10-6-11-17-16)15(21)18-13(14(19)20)12-7-4-3-5-8-12/h12-13,17H,2-11H2,1H3,(H,18,21)(H,19,20). The molecule has 2 atom stereocenters. The SMILES string of the molecule is CCCC1(C(=O)NC(C(=O)O)C2CCCCC2)CCCN1. The molecule has 2 fully saturated rings. The summed E-state index contributed by atoms with van der Waals surface area (Å²) in [6.45, 7) is 2.90. The molecule has 1 saturated carbocycles. The fourth-order valence-corrected chi connectivity index (χ4v) is 3.88. The van der Waals surface area contributed by atoms with Gasteiger partial charge in [-0.15, -0.1) is 0 Å². The van der Waals surface area contributed by atoms with E-state index in [1.54, 1.807) is 0 Å². The number of carbonyl (C=O) groups excluding carboxylic acids is 1. The van der Waals surface area contributed by atoms with Gasteiger partial charge in [-0.2, -0.15) is 0 Å². The zero-order valence-electron chi connectivity index (χ0n) is 13.0. The van der Waals surface area contributed by atoms with Crippen LogP contribution in [0, 0.1) is 5.92 Å². The fourth-order valence-electron chi connectivity index (χ4n) is 3.88. The van der Waals surface area contributed by atoms with Gasteiger partial charge >= 0.3 is 5.97 Å². The van der Waals surface area contributed by atoms with E-state index >= 15 is 0 Å². The first-order valence-corrected chi connectivity index (χ1v) is 8.38. The minimum absolute atomic E-state index is 0.0836. The molecule has 0 spiro atoms. The second-order valence-corrected chi connectivity index (χ2v) is 6.55. The zero-order valence-corrected chi connectivity index (χ0v) is 13.0. The number of carbonyl (C=O) groups is 2. The molecule has 2 rings (SSSR count). The van der Waals surface area contributed by atoms with Crippen LogP contribution in [-0.2, 0) is 9.59 Å². The summed E-state index contributed by atoms with van der Waals surface area (Å²) in [7, 11) is 0. The lowest BCUT2D eigenvalue weighted by Crippen LogP contribution is -2.58. The number of carboxylic acids is 1. The summed E-state index contributed by atoms with van der Waals surface area (Å²) in [6, 6.07) is -0.728. The van der Waals surface area contributed by atoms with Crippen LogP contribution in [-0.4, -0.2) is 35.1 Å². The molecule has 0 radical (unpaired) electrons. The maximum Gasteiger partial charge on any atom is 0.326 e. The number of rotatable bonds is 6. The van der Waals surface area contributed by atoms with Crippen molar-refractivity contribution in [2.75, 3.05) is 6.54 Å². The largest absolute Gasteiger partial charge is 0.480 e. The van der Waals surface area contributed by atoms with Crippen LogP contribution in [0.5, 0.6) is 0 Å². The molecular formula is C16H28N2O3. The predicted molar refractivity (Wildman–Crippen MR) is 81.0 cm³/mol. The van der Waals surface area contributed by atoms with Crippen molar-refractivity contribution >= 4 is 11.9 Å². The van der Waals surface area contributed by atoms with Gasteiger partial charge in [0.15, 0.2) is 0 Å². The van der Waals surface area contributed by atoms with Gasteiger partial charge in [0.1, 0.15) is 6.04 Å². The van der Waals surface area contributed by atoms with Crippen LogP contribution in [0.1, 0.15) is 64.7 Å². The molecule has 0 bridgehead atoms. The van der Waals surface area contributed by atoms with Gasteiger partial charge in [-0.25, -0.2) is 4.79 Å². The molecule has 0 aromatic heterocycles. The maximum atomic E-state index is 12.7. The number of hydrogen-bond acceptors (Lipinski definition) is 3. The van der Waals surface area contributed by atoms with Crippen molar-refractivity contribution in [1.29, 1.82) is 0 Å². The van der Waals surface area contributed by atoms with Crippen molar-refractivity contribution in [2.45, 2.75) is 76.3 Å². The number of hydrogen-bond donors (Lipinski definition) is 3. The van der Waals surface area contributed by atoms with Crippen molar-refractivity contribution in [2.24, 2.45) is 5.92 Å². The van der Waals surface area contributed by atoms with E-state index in [1.807, 2.05) is 0 Å². The van der Waals surface area contributed by atoms with Crippen LogP contribution in [0.3, 0.4) is 0 Å². The van der Waals surface area contributed by atoms with Gasteiger partial charge in [0.2, 0.25) is 5.91 Å². The molecule has 3 N–H and O–H groups in total. The van der Waals surface area contributed by atoms with E-state index < -0.39 is 17.6 Å². The third-order valence-corrected chi connectivity index (χ3v) is 5.03. The minimum atomic E-state index is -0.889. The smallest absolute Gasteiger partial charge is 0.326 e. The fraction of sp³-hybridized carbons (Fsp3) is 0.875. The van der Waals surface area contributed by atoms with Gasteiger partial charge < -0.3 is 15.7 Å². The molecule has 2 aliphatic rings. The highest BCUT2D eigenvalue weighted by Crippen LogP contribution is 2.29. The Bertz CT molecular complexity index is 372. The third kappa shape index (κ3) is 3.76. The second kappa shape index (κ2) is 7.25. The molecule has 21 heavy (non-hydrogen) atoms. The van der Waals surface area contributed by atoms with Crippen molar-refractivity contribution in [3.8, 4) is 0 Å². The molecular weight excluding hydrogens is 268 g/mol. The Hall–Kier alpha value is -1.10. The molecule has 5 heteroatoms. The summed E-state index contributed by atoms with van der Waals surface area (Å²) in [6.07, 6.45) is 8.62. The first-order valence-electron chi connectivity index (χ1n) is 8.38. The van der Waals surface area contributed by atoms with Gasteiger partial charge in [-0.05, 0) is 44.6 Å². The van der Waals surface area contributed by atoms with E-state index in [4.69, 9.17) is 0 Å². The molecule has 1 amide bonds. The lowest BCUT2D eigenvalue weighted by Gasteiger charge is -2.33. The lowest BCUT2D eigenvalue weighted by molar-refractivity contribution is -0.145. The molecule has 1 saturated heterocycles.